The average Bonchev–Trinajstić information content (AvgIpc) is 2.53. The Kier molecular flexibility index (Phi) is 2.22. The van der Waals surface area contributed by atoms with Gasteiger partial charge in [-0.25, -0.2) is 0 Å². The maximum absolute atomic E-state index is 4.10. The van der Waals surface area contributed by atoms with E-state index in [-0.39, 0.29) is 0 Å². The third kappa shape index (κ3) is 1.67. The standard InChI is InChI=1S/C9H10BrN3/c1-7-12-11-6-13(7)9-4-2-8(10)3-5-9/h2-5,11H,6H2,1H3. The number of hydrogen-bond donors (Lipinski definition) is 1. The molecule has 0 aromatic heterocycles. The SMILES string of the molecule is CC1=NNCN1c1ccc(Br)cc1. The second-order valence-corrected chi connectivity index (χ2v) is 3.80. The van der Waals surface area contributed by atoms with Gasteiger partial charge in [0.25, 0.3) is 0 Å². The Morgan fingerprint density at radius 3 is 2.62 bits per heavy atom. The van der Waals surface area contributed by atoms with E-state index in [4.69, 9.17) is 0 Å². The van der Waals surface area contributed by atoms with Crippen molar-refractivity contribution in [3.63, 3.8) is 0 Å². The lowest BCUT2D eigenvalue weighted by Gasteiger charge is -2.16. The van der Waals surface area contributed by atoms with Crippen LogP contribution >= 0.6 is 15.9 Å². The Labute approximate surface area is 85.6 Å². The normalized spacial score (nSPS) is 15.5. The zero-order chi connectivity index (χ0) is 9.26. The Balaban J connectivity index is 2.26. The summed E-state index contributed by atoms with van der Waals surface area (Å²) in [5, 5.41) is 4.10. The molecule has 0 spiro atoms. The van der Waals surface area contributed by atoms with Gasteiger partial charge in [-0.3, -0.25) is 5.43 Å². The summed E-state index contributed by atoms with van der Waals surface area (Å²) in [6.07, 6.45) is 0. The van der Waals surface area contributed by atoms with Crippen LogP contribution in [0.4, 0.5) is 5.69 Å². The monoisotopic (exact) mass is 239 g/mol. The number of hydrogen-bond acceptors (Lipinski definition) is 3. The molecular formula is C9H10BrN3. The van der Waals surface area contributed by atoms with Crippen molar-refractivity contribution >= 4 is 27.5 Å². The van der Waals surface area contributed by atoms with Crippen molar-refractivity contribution in [2.45, 2.75) is 6.92 Å². The van der Waals surface area contributed by atoms with Crippen LogP contribution in [0.2, 0.25) is 0 Å². The smallest absolute Gasteiger partial charge is 0.127 e. The fraction of sp³-hybridized carbons (Fsp3) is 0.222. The van der Waals surface area contributed by atoms with Crippen LogP contribution in [0.25, 0.3) is 0 Å². The van der Waals surface area contributed by atoms with E-state index in [2.05, 4.69) is 43.5 Å². The fourth-order valence-corrected chi connectivity index (χ4v) is 1.56. The number of rotatable bonds is 1. The Morgan fingerprint density at radius 2 is 2.08 bits per heavy atom. The summed E-state index contributed by atoms with van der Waals surface area (Å²) >= 11 is 3.40. The third-order valence-corrected chi connectivity index (χ3v) is 2.53. The predicted octanol–water partition coefficient (Wildman–Crippen LogP) is 2.15. The maximum atomic E-state index is 4.10. The lowest BCUT2D eigenvalue weighted by Crippen LogP contribution is -2.27. The molecule has 0 unspecified atom stereocenters. The molecule has 1 N–H and O–H groups in total. The van der Waals surface area contributed by atoms with E-state index in [1.807, 2.05) is 19.1 Å². The summed E-state index contributed by atoms with van der Waals surface area (Å²) < 4.78 is 1.10. The number of anilines is 1. The van der Waals surface area contributed by atoms with E-state index in [9.17, 15) is 0 Å². The van der Waals surface area contributed by atoms with Gasteiger partial charge in [0.2, 0.25) is 0 Å². The summed E-state index contributed by atoms with van der Waals surface area (Å²) in [5.41, 5.74) is 4.10. The molecule has 2 rings (SSSR count). The van der Waals surface area contributed by atoms with Crippen LogP contribution in [0.5, 0.6) is 0 Å². The van der Waals surface area contributed by atoms with Crippen molar-refractivity contribution in [3.8, 4) is 0 Å². The van der Waals surface area contributed by atoms with E-state index in [1.165, 1.54) is 0 Å². The first-order valence-electron chi connectivity index (χ1n) is 4.07. The lowest BCUT2D eigenvalue weighted by molar-refractivity contribution is 0.807. The van der Waals surface area contributed by atoms with Gasteiger partial charge in [0.1, 0.15) is 12.5 Å². The van der Waals surface area contributed by atoms with Gasteiger partial charge in [-0.05, 0) is 31.2 Å². The van der Waals surface area contributed by atoms with Gasteiger partial charge in [-0.1, -0.05) is 15.9 Å². The van der Waals surface area contributed by atoms with Crippen LogP contribution in [-0.2, 0) is 0 Å². The van der Waals surface area contributed by atoms with Gasteiger partial charge in [0.15, 0.2) is 0 Å². The first-order chi connectivity index (χ1) is 6.27. The molecule has 0 fully saturated rings. The van der Waals surface area contributed by atoms with Crippen molar-refractivity contribution in [2.24, 2.45) is 5.10 Å². The largest absolute Gasteiger partial charge is 0.309 e. The van der Waals surface area contributed by atoms with Crippen molar-refractivity contribution in [1.29, 1.82) is 0 Å². The topological polar surface area (TPSA) is 27.6 Å². The van der Waals surface area contributed by atoms with Crippen molar-refractivity contribution in [1.82, 2.24) is 5.43 Å². The van der Waals surface area contributed by atoms with E-state index >= 15 is 0 Å². The van der Waals surface area contributed by atoms with Crippen LogP contribution < -0.4 is 10.3 Å². The number of benzene rings is 1. The minimum atomic E-state index is 0.757. The second kappa shape index (κ2) is 3.38. The fourth-order valence-electron chi connectivity index (χ4n) is 1.29. The van der Waals surface area contributed by atoms with Gasteiger partial charge in [0, 0.05) is 10.2 Å². The zero-order valence-electron chi connectivity index (χ0n) is 7.29. The number of halogens is 1. The molecule has 3 nitrogen and oxygen atoms in total. The Morgan fingerprint density at radius 1 is 1.38 bits per heavy atom. The predicted molar refractivity (Wildman–Crippen MR) is 57.7 cm³/mol. The van der Waals surface area contributed by atoms with E-state index in [0.29, 0.717) is 0 Å². The molecule has 1 aliphatic heterocycles. The molecule has 0 atom stereocenters. The summed E-state index contributed by atoms with van der Waals surface area (Å²) in [5.74, 6) is 1.00. The highest BCUT2D eigenvalue weighted by molar-refractivity contribution is 9.10. The summed E-state index contributed by atoms with van der Waals surface area (Å²) in [4.78, 5) is 2.12. The van der Waals surface area contributed by atoms with Crippen LogP contribution in [0.3, 0.4) is 0 Å². The molecule has 1 heterocycles. The molecule has 68 valence electrons. The molecular weight excluding hydrogens is 230 g/mol. The second-order valence-electron chi connectivity index (χ2n) is 2.88. The quantitative estimate of drug-likeness (QED) is 0.814. The van der Waals surface area contributed by atoms with Gasteiger partial charge < -0.3 is 4.90 Å². The van der Waals surface area contributed by atoms with E-state index < -0.39 is 0 Å². The van der Waals surface area contributed by atoms with Crippen molar-refractivity contribution < 1.29 is 0 Å². The molecule has 0 aliphatic carbocycles. The first kappa shape index (κ1) is 8.56. The highest BCUT2D eigenvalue weighted by Gasteiger charge is 2.13. The minimum Gasteiger partial charge on any atom is -0.309 e. The highest BCUT2D eigenvalue weighted by Crippen LogP contribution is 2.19. The molecule has 0 bridgehead atoms. The zero-order valence-corrected chi connectivity index (χ0v) is 8.87. The first-order valence-corrected chi connectivity index (χ1v) is 4.87. The Hall–Kier alpha value is -1.03. The molecule has 0 saturated heterocycles. The molecule has 0 saturated carbocycles. The summed E-state index contributed by atoms with van der Waals surface area (Å²) in [6, 6.07) is 8.19. The third-order valence-electron chi connectivity index (χ3n) is 2.00. The van der Waals surface area contributed by atoms with Gasteiger partial charge in [0.05, 0.1) is 0 Å². The minimum absolute atomic E-state index is 0.757. The van der Waals surface area contributed by atoms with E-state index in [1.54, 1.807) is 0 Å². The average molecular weight is 240 g/mol. The number of nitrogens with one attached hydrogen (secondary N) is 1. The maximum Gasteiger partial charge on any atom is 0.127 e. The molecule has 13 heavy (non-hydrogen) atoms. The lowest BCUT2D eigenvalue weighted by atomic mass is 10.3. The Bertz CT molecular complexity index is 331. The van der Waals surface area contributed by atoms with Gasteiger partial charge in [-0.15, -0.1) is 0 Å². The molecule has 4 heteroatoms. The van der Waals surface area contributed by atoms with Crippen molar-refractivity contribution in [2.75, 3.05) is 11.6 Å². The number of amidine groups is 1. The van der Waals surface area contributed by atoms with Gasteiger partial charge in [-0.2, -0.15) is 5.10 Å². The molecule has 1 aliphatic rings. The van der Waals surface area contributed by atoms with E-state index in [0.717, 1.165) is 22.7 Å². The molecule has 0 amide bonds. The number of hydrazone groups is 1. The summed E-state index contributed by atoms with van der Waals surface area (Å²) in [7, 11) is 0. The summed E-state index contributed by atoms with van der Waals surface area (Å²) in [6.45, 7) is 2.75. The number of nitrogens with zero attached hydrogens (tertiary/aromatic N) is 2. The van der Waals surface area contributed by atoms with Crippen LogP contribution in [-0.4, -0.2) is 12.5 Å². The van der Waals surface area contributed by atoms with Crippen molar-refractivity contribution in [3.05, 3.63) is 28.7 Å². The van der Waals surface area contributed by atoms with Crippen LogP contribution in [0.15, 0.2) is 33.8 Å². The molecule has 1 aromatic rings. The highest BCUT2D eigenvalue weighted by atomic mass is 79.9. The molecule has 0 radical (unpaired) electrons. The molecule has 1 aromatic carbocycles. The van der Waals surface area contributed by atoms with Gasteiger partial charge >= 0.3 is 0 Å². The van der Waals surface area contributed by atoms with Crippen LogP contribution in [0, 0.1) is 0 Å². The van der Waals surface area contributed by atoms with Crippen LogP contribution in [0.1, 0.15) is 6.92 Å².